The third kappa shape index (κ3) is 4.82. The molecule has 0 heterocycles. The van der Waals surface area contributed by atoms with Crippen molar-refractivity contribution >= 4 is 23.5 Å². The van der Waals surface area contributed by atoms with Crippen molar-refractivity contribution in [3.63, 3.8) is 0 Å². The molecule has 0 aliphatic carbocycles. The van der Waals surface area contributed by atoms with Gasteiger partial charge in [-0.15, -0.1) is 0 Å². The van der Waals surface area contributed by atoms with E-state index in [2.05, 4.69) is 5.32 Å². The summed E-state index contributed by atoms with van der Waals surface area (Å²) in [4.78, 5) is 21.4. The van der Waals surface area contributed by atoms with Gasteiger partial charge < -0.3 is 10.4 Å². The first-order chi connectivity index (χ1) is 7.99. The molecule has 0 saturated heterocycles. The predicted molar refractivity (Wildman–Crippen MR) is 60.1 cm³/mol. The second-order valence-corrected chi connectivity index (χ2v) is 3.84. The van der Waals surface area contributed by atoms with E-state index in [0.717, 1.165) is 6.07 Å². The number of benzene rings is 1. The summed E-state index contributed by atoms with van der Waals surface area (Å²) in [6.07, 6.45) is -0.362. The van der Waals surface area contributed by atoms with Crippen LogP contribution in [0.5, 0.6) is 0 Å². The lowest BCUT2D eigenvalue weighted by molar-refractivity contribution is -0.138. The number of carbonyl (C=O) groups excluding carboxylic acids is 1. The number of hydrogen-bond acceptors (Lipinski definition) is 2. The fraction of sp³-hybridized carbons (Fsp3) is 0.273. The lowest BCUT2D eigenvalue weighted by atomic mass is 10.2. The van der Waals surface area contributed by atoms with Crippen molar-refractivity contribution in [2.45, 2.75) is 19.4 Å². The highest BCUT2D eigenvalue weighted by molar-refractivity contribution is 6.30. The van der Waals surface area contributed by atoms with Crippen molar-refractivity contribution in [2.75, 3.05) is 0 Å². The van der Waals surface area contributed by atoms with E-state index >= 15 is 0 Å². The topological polar surface area (TPSA) is 66.4 Å². The summed E-state index contributed by atoms with van der Waals surface area (Å²) in [7, 11) is 0. The summed E-state index contributed by atoms with van der Waals surface area (Å²) >= 11 is 5.57. The highest BCUT2D eigenvalue weighted by atomic mass is 35.5. The Labute approximate surface area is 102 Å². The molecule has 0 fully saturated rings. The van der Waals surface area contributed by atoms with Crippen LogP contribution in [0.3, 0.4) is 0 Å². The Balaban J connectivity index is 2.44. The van der Waals surface area contributed by atoms with Crippen LogP contribution in [0, 0.1) is 5.82 Å². The van der Waals surface area contributed by atoms with Gasteiger partial charge in [0.2, 0.25) is 5.91 Å². The van der Waals surface area contributed by atoms with Gasteiger partial charge in [-0.3, -0.25) is 9.59 Å². The van der Waals surface area contributed by atoms with Gasteiger partial charge in [-0.1, -0.05) is 17.7 Å². The van der Waals surface area contributed by atoms with Crippen molar-refractivity contribution in [3.8, 4) is 0 Å². The first-order valence-electron chi connectivity index (χ1n) is 4.91. The number of rotatable bonds is 5. The molecule has 0 aliphatic heterocycles. The zero-order valence-electron chi connectivity index (χ0n) is 8.87. The van der Waals surface area contributed by atoms with Crippen LogP contribution < -0.4 is 5.32 Å². The van der Waals surface area contributed by atoms with Crippen LogP contribution in [-0.2, 0) is 16.1 Å². The molecule has 0 spiro atoms. The molecule has 0 bridgehead atoms. The average molecular weight is 260 g/mol. The van der Waals surface area contributed by atoms with E-state index in [1.165, 1.54) is 12.1 Å². The molecule has 2 N–H and O–H groups in total. The second kappa shape index (κ2) is 6.20. The Bertz CT molecular complexity index is 437. The van der Waals surface area contributed by atoms with Gasteiger partial charge in [0.25, 0.3) is 0 Å². The molecular weight excluding hydrogens is 249 g/mol. The van der Waals surface area contributed by atoms with Crippen LogP contribution in [0.15, 0.2) is 18.2 Å². The third-order valence-electron chi connectivity index (χ3n) is 2.06. The van der Waals surface area contributed by atoms with E-state index in [0.29, 0.717) is 5.56 Å². The number of carboxylic acid groups (broad SMARTS) is 1. The van der Waals surface area contributed by atoms with Crippen LogP contribution >= 0.6 is 11.6 Å². The number of hydrogen-bond donors (Lipinski definition) is 2. The highest BCUT2D eigenvalue weighted by Gasteiger charge is 2.07. The predicted octanol–water partition coefficient (Wildman–Crippen LogP) is 1.96. The van der Waals surface area contributed by atoms with Crippen LogP contribution in [0.4, 0.5) is 4.39 Å². The molecule has 6 heteroatoms. The fourth-order valence-electron chi connectivity index (χ4n) is 1.17. The molecule has 4 nitrogen and oxygen atoms in total. The minimum Gasteiger partial charge on any atom is -0.481 e. The van der Waals surface area contributed by atoms with Crippen molar-refractivity contribution in [2.24, 2.45) is 0 Å². The Morgan fingerprint density at radius 2 is 2.06 bits per heavy atom. The van der Waals surface area contributed by atoms with Gasteiger partial charge >= 0.3 is 5.97 Å². The van der Waals surface area contributed by atoms with Gasteiger partial charge in [0.05, 0.1) is 6.42 Å². The van der Waals surface area contributed by atoms with Crippen LogP contribution in [0.2, 0.25) is 5.02 Å². The summed E-state index contributed by atoms with van der Waals surface area (Å²) in [5, 5.41) is 11.1. The van der Waals surface area contributed by atoms with E-state index in [1.54, 1.807) is 0 Å². The first-order valence-corrected chi connectivity index (χ1v) is 5.29. The number of halogens is 2. The normalized spacial score (nSPS) is 10.0. The maximum absolute atomic E-state index is 13.3. The lowest BCUT2D eigenvalue weighted by Gasteiger charge is -2.05. The van der Waals surface area contributed by atoms with Crippen molar-refractivity contribution in [3.05, 3.63) is 34.6 Å². The Morgan fingerprint density at radius 1 is 1.35 bits per heavy atom. The Morgan fingerprint density at radius 3 is 2.65 bits per heavy atom. The minimum atomic E-state index is -1.04. The van der Waals surface area contributed by atoms with Crippen molar-refractivity contribution in [1.29, 1.82) is 0 Å². The molecular formula is C11H11ClFNO3. The summed E-state index contributed by atoms with van der Waals surface area (Å²) in [5.74, 6) is -1.98. The molecule has 0 saturated carbocycles. The molecule has 1 rings (SSSR count). The average Bonchev–Trinajstić information content (AvgIpc) is 2.25. The summed E-state index contributed by atoms with van der Waals surface area (Å²) < 4.78 is 13.3. The molecule has 17 heavy (non-hydrogen) atoms. The highest BCUT2D eigenvalue weighted by Crippen LogP contribution is 2.14. The first kappa shape index (κ1) is 13.4. The second-order valence-electron chi connectivity index (χ2n) is 3.41. The maximum Gasteiger partial charge on any atom is 0.303 e. The number of aliphatic carboxylic acids is 1. The number of carbonyl (C=O) groups is 2. The van der Waals surface area contributed by atoms with Gasteiger partial charge in [-0.2, -0.15) is 0 Å². The van der Waals surface area contributed by atoms with E-state index in [4.69, 9.17) is 16.7 Å². The van der Waals surface area contributed by atoms with E-state index in [1.807, 2.05) is 0 Å². The summed E-state index contributed by atoms with van der Waals surface area (Å²) in [5.41, 5.74) is 0.304. The zero-order chi connectivity index (χ0) is 12.8. The Hall–Kier alpha value is -1.62. The summed E-state index contributed by atoms with van der Waals surface area (Å²) in [6.45, 7) is 0.0153. The smallest absolute Gasteiger partial charge is 0.303 e. The largest absolute Gasteiger partial charge is 0.481 e. The lowest BCUT2D eigenvalue weighted by Crippen LogP contribution is -2.23. The summed E-state index contributed by atoms with van der Waals surface area (Å²) in [6, 6.07) is 4.14. The van der Waals surface area contributed by atoms with Crippen LogP contribution in [0.1, 0.15) is 18.4 Å². The van der Waals surface area contributed by atoms with Gasteiger partial charge in [-0.25, -0.2) is 4.39 Å². The number of amides is 1. The van der Waals surface area contributed by atoms with Crippen molar-refractivity contribution in [1.82, 2.24) is 5.32 Å². The van der Waals surface area contributed by atoms with E-state index in [9.17, 15) is 14.0 Å². The van der Waals surface area contributed by atoms with Gasteiger partial charge in [-0.05, 0) is 12.1 Å². The van der Waals surface area contributed by atoms with Gasteiger partial charge in [0.1, 0.15) is 5.82 Å². The fourth-order valence-corrected chi connectivity index (χ4v) is 1.33. The van der Waals surface area contributed by atoms with Crippen LogP contribution in [0.25, 0.3) is 0 Å². The van der Waals surface area contributed by atoms with Crippen molar-refractivity contribution < 1.29 is 19.1 Å². The number of nitrogens with one attached hydrogen (secondary N) is 1. The number of carboxylic acids is 1. The van der Waals surface area contributed by atoms with E-state index < -0.39 is 17.7 Å². The quantitative estimate of drug-likeness (QED) is 0.849. The molecule has 0 radical (unpaired) electrons. The molecule has 1 amide bonds. The standard InChI is InChI=1S/C11H11ClFNO3/c12-8-2-1-7(9(13)5-8)6-14-10(15)3-4-11(16)17/h1-2,5H,3-4,6H2,(H,14,15)(H,16,17). The molecule has 1 aromatic carbocycles. The molecule has 92 valence electrons. The maximum atomic E-state index is 13.3. The minimum absolute atomic E-state index is 0.0153. The SMILES string of the molecule is O=C(O)CCC(=O)NCc1ccc(Cl)cc1F. The third-order valence-corrected chi connectivity index (χ3v) is 2.29. The van der Waals surface area contributed by atoms with Gasteiger partial charge in [0, 0.05) is 23.6 Å². The van der Waals surface area contributed by atoms with E-state index in [-0.39, 0.29) is 24.4 Å². The van der Waals surface area contributed by atoms with Gasteiger partial charge in [0.15, 0.2) is 0 Å². The van der Waals surface area contributed by atoms with Crippen LogP contribution in [-0.4, -0.2) is 17.0 Å². The molecule has 0 aliphatic rings. The molecule has 0 aromatic heterocycles. The zero-order valence-corrected chi connectivity index (χ0v) is 9.63. The monoisotopic (exact) mass is 259 g/mol. The molecule has 0 unspecified atom stereocenters. The molecule has 0 atom stereocenters. The Kier molecular flexibility index (Phi) is 4.90. The molecule has 1 aromatic rings.